The Kier molecular flexibility index (Phi) is 5.84. The van der Waals surface area contributed by atoms with Crippen molar-refractivity contribution in [2.45, 2.75) is 46.6 Å². The van der Waals surface area contributed by atoms with Gasteiger partial charge in [0.25, 0.3) is 0 Å². The molecule has 1 aromatic heterocycles. The highest BCUT2D eigenvalue weighted by atomic mass is 35.5. The Hall–Kier alpha value is -2.28. The number of carbonyl (C=O) groups is 1. The van der Waals surface area contributed by atoms with E-state index in [1.165, 1.54) is 12.1 Å². The molecule has 8 heteroatoms. The van der Waals surface area contributed by atoms with Crippen LogP contribution in [0, 0.1) is 17.0 Å². The summed E-state index contributed by atoms with van der Waals surface area (Å²) in [6.07, 6.45) is 1.84. The molecule has 1 aliphatic heterocycles. The zero-order chi connectivity index (χ0) is 20.5. The lowest BCUT2D eigenvalue weighted by atomic mass is 9.92. The van der Waals surface area contributed by atoms with Crippen LogP contribution in [0.15, 0.2) is 18.2 Å². The standard InChI is InChI=1S/C20H23ClF2N4O/c1-20(2,3)10-16(28)25-18-17(21)26-19-15(24-18)5-4-6-27(19)11-12-7-13(22)9-14(23)8-12/h7-9H,4-6,10-11H2,1-3H3,(H,24,25,28). The fourth-order valence-electron chi connectivity index (χ4n) is 3.22. The maximum atomic E-state index is 13.5. The van der Waals surface area contributed by atoms with Gasteiger partial charge in [0, 0.05) is 25.6 Å². The summed E-state index contributed by atoms with van der Waals surface area (Å²) in [6, 6.07) is 3.44. The summed E-state index contributed by atoms with van der Waals surface area (Å²) in [5.74, 6) is -0.587. The van der Waals surface area contributed by atoms with Crippen molar-refractivity contribution in [3.63, 3.8) is 0 Å². The first-order valence-electron chi connectivity index (χ1n) is 9.17. The summed E-state index contributed by atoms with van der Waals surface area (Å²) in [7, 11) is 0. The molecule has 5 nitrogen and oxygen atoms in total. The van der Waals surface area contributed by atoms with Crippen molar-refractivity contribution in [2.24, 2.45) is 5.41 Å². The topological polar surface area (TPSA) is 58.1 Å². The molecule has 1 aromatic carbocycles. The van der Waals surface area contributed by atoms with Crippen LogP contribution in [0.2, 0.25) is 5.15 Å². The molecular weight excluding hydrogens is 386 g/mol. The number of anilines is 2. The molecular formula is C20H23ClF2N4O. The number of fused-ring (bicyclic) bond motifs is 1. The molecule has 0 saturated heterocycles. The van der Waals surface area contributed by atoms with Crippen LogP contribution >= 0.6 is 11.6 Å². The fraction of sp³-hybridized carbons (Fsp3) is 0.450. The van der Waals surface area contributed by atoms with E-state index >= 15 is 0 Å². The molecule has 0 bridgehead atoms. The first-order valence-corrected chi connectivity index (χ1v) is 9.55. The summed E-state index contributed by atoms with van der Waals surface area (Å²) >= 11 is 6.26. The number of aromatic nitrogens is 2. The summed E-state index contributed by atoms with van der Waals surface area (Å²) < 4.78 is 27.0. The van der Waals surface area contributed by atoms with Crippen LogP contribution in [0.3, 0.4) is 0 Å². The highest BCUT2D eigenvalue weighted by Gasteiger charge is 2.24. The Labute approximate surface area is 168 Å². The van der Waals surface area contributed by atoms with E-state index in [0.29, 0.717) is 43.0 Å². The van der Waals surface area contributed by atoms with Crippen LogP contribution in [0.5, 0.6) is 0 Å². The number of halogens is 3. The molecule has 0 saturated carbocycles. The summed E-state index contributed by atoms with van der Waals surface area (Å²) in [6.45, 7) is 6.88. The predicted molar refractivity (Wildman–Crippen MR) is 105 cm³/mol. The number of nitrogens with one attached hydrogen (secondary N) is 1. The van der Waals surface area contributed by atoms with Crippen molar-refractivity contribution < 1.29 is 13.6 Å². The lowest BCUT2D eigenvalue weighted by Gasteiger charge is -2.30. The Balaban J connectivity index is 1.82. The van der Waals surface area contributed by atoms with Gasteiger partial charge in [-0.3, -0.25) is 4.79 Å². The second-order valence-electron chi connectivity index (χ2n) is 8.22. The van der Waals surface area contributed by atoms with E-state index in [2.05, 4.69) is 15.3 Å². The number of amides is 1. The molecule has 2 heterocycles. The van der Waals surface area contributed by atoms with Crippen molar-refractivity contribution >= 4 is 29.1 Å². The first-order chi connectivity index (χ1) is 13.1. The van der Waals surface area contributed by atoms with Crippen LogP contribution in [0.1, 0.15) is 44.9 Å². The molecule has 150 valence electrons. The predicted octanol–water partition coefficient (Wildman–Crippen LogP) is 4.74. The Bertz CT molecular complexity index is 878. The third kappa shape index (κ3) is 5.16. The minimum atomic E-state index is -0.617. The number of rotatable bonds is 4. The lowest BCUT2D eigenvalue weighted by molar-refractivity contribution is -0.117. The summed E-state index contributed by atoms with van der Waals surface area (Å²) in [4.78, 5) is 23.0. The van der Waals surface area contributed by atoms with E-state index in [0.717, 1.165) is 12.5 Å². The molecule has 0 aliphatic carbocycles. The van der Waals surface area contributed by atoms with Crippen LogP contribution < -0.4 is 10.2 Å². The van der Waals surface area contributed by atoms with E-state index < -0.39 is 11.6 Å². The smallest absolute Gasteiger partial charge is 0.226 e. The van der Waals surface area contributed by atoms with Gasteiger partial charge in [-0.05, 0) is 36.0 Å². The minimum Gasteiger partial charge on any atom is -0.351 e. The van der Waals surface area contributed by atoms with Gasteiger partial charge < -0.3 is 10.2 Å². The number of nitrogens with zero attached hydrogens (tertiary/aromatic N) is 3. The third-order valence-electron chi connectivity index (χ3n) is 4.29. The van der Waals surface area contributed by atoms with Gasteiger partial charge in [0.15, 0.2) is 16.8 Å². The maximum absolute atomic E-state index is 13.5. The van der Waals surface area contributed by atoms with Crippen LogP contribution in [-0.4, -0.2) is 22.4 Å². The van der Waals surface area contributed by atoms with Crippen molar-refractivity contribution in [1.82, 2.24) is 9.97 Å². The van der Waals surface area contributed by atoms with Gasteiger partial charge >= 0.3 is 0 Å². The van der Waals surface area contributed by atoms with Gasteiger partial charge in [-0.1, -0.05) is 32.4 Å². The van der Waals surface area contributed by atoms with E-state index in [1.54, 1.807) is 0 Å². The molecule has 0 atom stereocenters. The van der Waals surface area contributed by atoms with Gasteiger partial charge in [-0.25, -0.2) is 18.7 Å². The molecule has 0 fully saturated rings. The Morgan fingerprint density at radius 3 is 2.54 bits per heavy atom. The second-order valence-corrected chi connectivity index (χ2v) is 8.58. The average molecular weight is 409 g/mol. The zero-order valence-electron chi connectivity index (χ0n) is 16.2. The van der Waals surface area contributed by atoms with Gasteiger partial charge in [0.2, 0.25) is 5.91 Å². The van der Waals surface area contributed by atoms with E-state index in [9.17, 15) is 13.6 Å². The first kappa shape index (κ1) is 20.5. The molecule has 0 radical (unpaired) electrons. The van der Waals surface area contributed by atoms with Crippen molar-refractivity contribution in [3.8, 4) is 0 Å². The molecule has 3 rings (SSSR count). The van der Waals surface area contributed by atoms with Crippen molar-refractivity contribution in [2.75, 3.05) is 16.8 Å². The number of hydrogen-bond donors (Lipinski definition) is 1. The summed E-state index contributed by atoms with van der Waals surface area (Å²) in [5.41, 5.74) is 1.05. The molecule has 1 N–H and O–H groups in total. The maximum Gasteiger partial charge on any atom is 0.226 e. The average Bonchev–Trinajstić information content (AvgIpc) is 2.53. The number of carbonyl (C=O) groups excluding carboxylic acids is 1. The van der Waals surface area contributed by atoms with Gasteiger partial charge in [0.05, 0.1) is 5.69 Å². The van der Waals surface area contributed by atoms with Crippen molar-refractivity contribution in [1.29, 1.82) is 0 Å². The van der Waals surface area contributed by atoms with E-state index in [1.807, 2.05) is 25.7 Å². The van der Waals surface area contributed by atoms with Gasteiger partial charge in [0.1, 0.15) is 11.6 Å². The largest absolute Gasteiger partial charge is 0.351 e. The number of benzene rings is 1. The monoisotopic (exact) mass is 408 g/mol. The zero-order valence-corrected chi connectivity index (χ0v) is 16.9. The SMILES string of the molecule is CC(C)(C)CC(=O)Nc1nc2c(nc1Cl)N(Cc1cc(F)cc(F)c1)CCC2. The van der Waals surface area contributed by atoms with Crippen LogP contribution in [-0.2, 0) is 17.8 Å². The Morgan fingerprint density at radius 1 is 1.21 bits per heavy atom. The van der Waals surface area contributed by atoms with Crippen LogP contribution in [0.4, 0.5) is 20.4 Å². The quantitative estimate of drug-likeness (QED) is 0.794. The molecule has 0 spiro atoms. The normalized spacial score (nSPS) is 14.0. The second kappa shape index (κ2) is 7.99. The molecule has 0 unspecified atom stereocenters. The van der Waals surface area contributed by atoms with E-state index in [-0.39, 0.29) is 22.3 Å². The van der Waals surface area contributed by atoms with Gasteiger partial charge in [-0.2, -0.15) is 0 Å². The summed E-state index contributed by atoms with van der Waals surface area (Å²) in [5, 5.41) is 2.83. The number of aryl methyl sites for hydroxylation is 1. The molecule has 1 aliphatic rings. The van der Waals surface area contributed by atoms with Crippen LogP contribution in [0.25, 0.3) is 0 Å². The van der Waals surface area contributed by atoms with E-state index in [4.69, 9.17) is 11.6 Å². The number of hydrogen-bond acceptors (Lipinski definition) is 4. The molecule has 2 aromatic rings. The van der Waals surface area contributed by atoms with Crippen molar-refractivity contribution in [3.05, 3.63) is 46.2 Å². The fourth-order valence-corrected chi connectivity index (χ4v) is 3.39. The Morgan fingerprint density at radius 2 is 1.89 bits per heavy atom. The highest BCUT2D eigenvalue weighted by molar-refractivity contribution is 6.32. The lowest BCUT2D eigenvalue weighted by Crippen LogP contribution is -2.31. The third-order valence-corrected chi connectivity index (χ3v) is 4.55. The molecule has 1 amide bonds. The minimum absolute atomic E-state index is 0.0957. The van der Waals surface area contributed by atoms with Gasteiger partial charge in [-0.15, -0.1) is 0 Å². The molecule has 28 heavy (non-hydrogen) atoms. The highest BCUT2D eigenvalue weighted by Crippen LogP contribution is 2.30.